The van der Waals surface area contributed by atoms with Crippen molar-refractivity contribution in [2.75, 3.05) is 13.1 Å². The van der Waals surface area contributed by atoms with Crippen LogP contribution in [0.1, 0.15) is 33.6 Å². The number of rotatable bonds is 2. The Morgan fingerprint density at radius 1 is 1.28 bits per heavy atom. The minimum absolute atomic E-state index is 0.130. The van der Waals surface area contributed by atoms with Crippen LogP contribution in [0.15, 0.2) is 12.7 Å². The van der Waals surface area contributed by atoms with Crippen molar-refractivity contribution in [2.24, 2.45) is 0 Å². The molecule has 5 heteroatoms. The molecule has 0 aromatic heterocycles. The van der Waals surface area contributed by atoms with Crippen LogP contribution in [-0.4, -0.2) is 41.8 Å². The minimum Gasteiger partial charge on any atom is -0.459 e. The average molecular weight is 255 g/mol. The first kappa shape index (κ1) is 14.5. The third-order valence-corrected chi connectivity index (χ3v) is 2.54. The second-order valence-electron chi connectivity index (χ2n) is 5.31. The van der Waals surface area contributed by atoms with E-state index in [-0.39, 0.29) is 12.2 Å². The highest BCUT2D eigenvalue weighted by Crippen LogP contribution is 2.17. The van der Waals surface area contributed by atoms with Crippen LogP contribution in [0, 0.1) is 0 Å². The molecule has 102 valence electrons. The van der Waals surface area contributed by atoms with E-state index in [1.165, 1.54) is 0 Å². The molecule has 1 saturated heterocycles. The maximum atomic E-state index is 11.8. The highest BCUT2D eigenvalue weighted by Gasteiger charge is 2.27. The van der Waals surface area contributed by atoms with Crippen LogP contribution in [0.4, 0.5) is 4.79 Å². The Labute approximate surface area is 108 Å². The van der Waals surface area contributed by atoms with Gasteiger partial charge in [0.05, 0.1) is 0 Å². The molecule has 0 radical (unpaired) electrons. The lowest BCUT2D eigenvalue weighted by Gasteiger charge is -2.32. The van der Waals surface area contributed by atoms with E-state index in [9.17, 15) is 9.59 Å². The molecular weight excluding hydrogens is 234 g/mol. The number of amides is 1. The molecule has 1 fully saturated rings. The van der Waals surface area contributed by atoms with Crippen molar-refractivity contribution in [3.8, 4) is 0 Å². The zero-order valence-electron chi connectivity index (χ0n) is 11.3. The van der Waals surface area contributed by atoms with Crippen molar-refractivity contribution in [3.63, 3.8) is 0 Å². The fourth-order valence-electron chi connectivity index (χ4n) is 1.70. The molecule has 5 nitrogen and oxygen atoms in total. The van der Waals surface area contributed by atoms with Crippen molar-refractivity contribution in [2.45, 2.75) is 45.3 Å². The predicted molar refractivity (Wildman–Crippen MR) is 67.1 cm³/mol. The van der Waals surface area contributed by atoms with E-state index in [0.717, 1.165) is 6.08 Å². The zero-order chi connectivity index (χ0) is 13.8. The van der Waals surface area contributed by atoms with E-state index in [4.69, 9.17) is 9.47 Å². The summed E-state index contributed by atoms with van der Waals surface area (Å²) < 4.78 is 10.4. The van der Waals surface area contributed by atoms with Gasteiger partial charge in [-0.3, -0.25) is 0 Å². The van der Waals surface area contributed by atoms with Gasteiger partial charge >= 0.3 is 12.1 Å². The number of piperidine rings is 1. The molecule has 0 atom stereocenters. The molecule has 1 aliphatic heterocycles. The van der Waals surface area contributed by atoms with Gasteiger partial charge in [-0.15, -0.1) is 0 Å². The maximum Gasteiger partial charge on any atom is 0.410 e. The smallest absolute Gasteiger partial charge is 0.410 e. The summed E-state index contributed by atoms with van der Waals surface area (Å²) in [7, 11) is 0. The Hall–Kier alpha value is -1.52. The Morgan fingerprint density at radius 2 is 1.83 bits per heavy atom. The first-order valence-corrected chi connectivity index (χ1v) is 6.13. The van der Waals surface area contributed by atoms with Gasteiger partial charge in [0.2, 0.25) is 0 Å². The van der Waals surface area contributed by atoms with E-state index in [1.807, 2.05) is 20.8 Å². The molecule has 1 heterocycles. The Bertz CT molecular complexity index is 324. The SMILES string of the molecule is C=CC(=O)OC1CCN(C(=O)OC(C)(C)C)CC1. The average Bonchev–Trinajstić information content (AvgIpc) is 2.27. The molecule has 0 unspecified atom stereocenters. The summed E-state index contributed by atoms with van der Waals surface area (Å²) >= 11 is 0. The standard InChI is InChI=1S/C13H21NO4/c1-5-11(15)17-10-6-8-14(9-7-10)12(16)18-13(2,3)4/h5,10H,1,6-9H2,2-4H3. The van der Waals surface area contributed by atoms with Gasteiger partial charge in [-0.05, 0) is 20.8 Å². The molecule has 0 aliphatic carbocycles. The molecule has 0 aromatic rings. The summed E-state index contributed by atoms with van der Waals surface area (Å²) in [6.45, 7) is 9.95. The molecule has 0 saturated carbocycles. The Morgan fingerprint density at radius 3 is 2.28 bits per heavy atom. The lowest BCUT2D eigenvalue weighted by atomic mass is 10.1. The first-order chi connectivity index (χ1) is 8.31. The molecule has 1 rings (SSSR count). The van der Waals surface area contributed by atoms with Crippen LogP contribution in [0.2, 0.25) is 0 Å². The minimum atomic E-state index is -0.483. The number of carbonyl (C=O) groups is 2. The van der Waals surface area contributed by atoms with Crippen LogP contribution >= 0.6 is 0 Å². The quantitative estimate of drug-likeness (QED) is 0.560. The Kier molecular flexibility index (Phi) is 4.76. The summed E-state index contributed by atoms with van der Waals surface area (Å²) in [6.07, 6.45) is 1.99. The molecule has 0 spiro atoms. The van der Waals surface area contributed by atoms with Crippen molar-refractivity contribution < 1.29 is 19.1 Å². The van der Waals surface area contributed by atoms with E-state index in [2.05, 4.69) is 6.58 Å². The molecule has 0 aromatic carbocycles. The molecule has 1 amide bonds. The van der Waals surface area contributed by atoms with Gasteiger partial charge in [0.1, 0.15) is 11.7 Å². The first-order valence-electron chi connectivity index (χ1n) is 6.13. The number of carbonyl (C=O) groups excluding carboxylic acids is 2. The number of esters is 1. The van der Waals surface area contributed by atoms with Gasteiger partial charge < -0.3 is 14.4 Å². The number of hydrogen-bond donors (Lipinski definition) is 0. The molecule has 0 bridgehead atoms. The number of likely N-dealkylation sites (tertiary alicyclic amines) is 1. The highest BCUT2D eigenvalue weighted by molar-refractivity contribution is 5.81. The summed E-state index contributed by atoms with van der Waals surface area (Å²) in [5.41, 5.74) is -0.483. The normalized spacial score (nSPS) is 17.2. The fraction of sp³-hybridized carbons (Fsp3) is 0.692. The van der Waals surface area contributed by atoms with Gasteiger partial charge in [0, 0.05) is 32.0 Å². The van der Waals surface area contributed by atoms with Crippen LogP contribution < -0.4 is 0 Å². The van der Waals surface area contributed by atoms with E-state index < -0.39 is 11.6 Å². The lowest BCUT2D eigenvalue weighted by Crippen LogP contribution is -2.43. The van der Waals surface area contributed by atoms with Crippen molar-refractivity contribution in [1.29, 1.82) is 0 Å². The van der Waals surface area contributed by atoms with Crippen molar-refractivity contribution >= 4 is 12.1 Å². The molecule has 18 heavy (non-hydrogen) atoms. The van der Waals surface area contributed by atoms with Gasteiger partial charge in [-0.1, -0.05) is 6.58 Å². The predicted octanol–water partition coefficient (Wildman–Crippen LogP) is 2.12. The zero-order valence-corrected chi connectivity index (χ0v) is 11.3. The van der Waals surface area contributed by atoms with E-state index in [0.29, 0.717) is 25.9 Å². The topological polar surface area (TPSA) is 55.8 Å². The van der Waals surface area contributed by atoms with Crippen LogP contribution in [0.25, 0.3) is 0 Å². The van der Waals surface area contributed by atoms with Gasteiger partial charge in [-0.25, -0.2) is 9.59 Å². The van der Waals surface area contributed by atoms with Gasteiger partial charge in [-0.2, -0.15) is 0 Å². The lowest BCUT2D eigenvalue weighted by molar-refractivity contribution is -0.144. The van der Waals surface area contributed by atoms with Crippen molar-refractivity contribution in [1.82, 2.24) is 4.90 Å². The summed E-state index contributed by atoms with van der Waals surface area (Å²) in [4.78, 5) is 24.5. The number of ether oxygens (including phenoxy) is 2. The second-order valence-corrected chi connectivity index (χ2v) is 5.31. The highest BCUT2D eigenvalue weighted by atomic mass is 16.6. The fourth-order valence-corrected chi connectivity index (χ4v) is 1.70. The molecule has 0 N–H and O–H groups in total. The van der Waals surface area contributed by atoms with Crippen LogP contribution in [0.5, 0.6) is 0 Å². The van der Waals surface area contributed by atoms with Crippen LogP contribution in [0.3, 0.4) is 0 Å². The largest absolute Gasteiger partial charge is 0.459 e. The Balaban J connectivity index is 2.37. The van der Waals surface area contributed by atoms with E-state index in [1.54, 1.807) is 4.90 Å². The summed E-state index contributed by atoms with van der Waals surface area (Å²) in [5.74, 6) is -0.411. The monoisotopic (exact) mass is 255 g/mol. The third-order valence-electron chi connectivity index (χ3n) is 2.54. The third kappa shape index (κ3) is 4.77. The second kappa shape index (κ2) is 5.89. The number of nitrogens with zero attached hydrogens (tertiary/aromatic N) is 1. The van der Waals surface area contributed by atoms with Crippen LogP contribution in [-0.2, 0) is 14.3 Å². The molecular formula is C13H21NO4. The van der Waals surface area contributed by atoms with Gasteiger partial charge in [0.25, 0.3) is 0 Å². The number of hydrogen-bond acceptors (Lipinski definition) is 4. The summed E-state index contributed by atoms with van der Waals surface area (Å²) in [5, 5.41) is 0. The molecule has 1 aliphatic rings. The van der Waals surface area contributed by atoms with Crippen molar-refractivity contribution in [3.05, 3.63) is 12.7 Å². The van der Waals surface area contributed by atoms with E-state index >= 15 is 0 Å². The maximum absolute atomic E-state index is 11.8. The van der Waals surface area contributed by atoms with Gasteiger partial charge in [0.15, 0.2) is 0 Å². The summed E-state index contributed by atoms with van der Waals surface area (Å²) in [6, 6.07) is 0.